The van der Waals surface area contributed by atoms with Crippen LogP contribution in [0, 0.1) is 6.92 Å². The maximum absolute atomic E-state index is 12.6. The molecule has 0 saturated carbocycles. The molecule has 0 fully saturated rings. The molecular formula is C20H18ClN7OS. The lowest BCUT2D eigenvalue weighted by molar-refractivity contribution is -0.113. The molecule has 8 nitrogen and oxygen atoms in total. The lowest BCUT2D eigenvalue weighted by atomic mass is 10.1. The maximum atomic E-state index is 12.6. The molecule has 0 atom stereocenters. The quantitative estimate of drug-likeness (QED) is 0.460. The fourth-order valence-electron chi connectivity index (χ4n) is 2.85. The molecule has 0 saturated heterocycles. The molecule has 1 N–H and O–H groups in total. The predicted molar refractivity (Wildman–Crippen MR) is 117 cm³/mol. The average molecular weight is 440 g/mol. The smallest absolute Gasteiger partial charge is 0.234 e. The highest BCUT2D eigenvalue weighted by Crippen LogP contribution is 2.26. The lowest BCUT2D eigenvalue weighted by Gasteiger charge is -2.11. The predicted octanol–water partition coefficient (Wildman–Crippen LogP) is 3.76. The number of halogens is 1. The fraction of sp³-hybridized carbons (Fsp3) is 0.150. The van der Waals surface area contributed by atoms with Crippen LogP contribution in [0.5, 0.6) is 0 Å². The van der Waals surface area contributed by atoms with Crippen LogP contribution in [0.3, 0.4) is 0 Å². The molecule has 152 valence electrons. The van der Waals surface area contributed by atoms with E-state index >= 15 is 0 Å². The minimum absolute atomic E-state index is 0.170. The van der Waals surface area contributed by atoms with Gasteiger partial charge in [-0.1, -0.05) is 53.2 Å². The van der Waals surface area contributed by atoms with E-state index in [-0.39, 0.29) is 11.7 Å². The number of nitrogens with one attached hydrogen (secondary N) is 1. The van der Waals surface area contributed by atoms with Crippen LogP contribution in [0.4, 0.5) is 5.69 Å². The summed E-state index contributed by atoms with van der Waals surface area (Å²) in [7, 11) is 1.88. The van der Waals surface area contributed by atoms with Gasteiger partial charge in [0.2, 0.25) is 5.91 Å². The van der Waals surface area contributed by atoms with Crippen LogP contribution < -0.4 is 5.32 Å². The summed E-state index contributed by atoms with van der Waals surface area (Å²) < 4.78 is 3.44. The van der Waals surface area contributed by atoms with Crippen LogP contribution in [0.2, 0.25) is 5.02 Å². The van der Waals surface area contributed by atoms with Gasteiger partial charge in [-0.2, -0.15) is 5.10 Å². The monoisotopic (exact) mass is 439 g/mol. The molecule has 0 aliphatic carbocycles. The van der Waals surface area contributed by atoms with Gasteiger partial charge in [0.1, 0.15) is 12.7 Å². The van der Waals surface area contributed by atoms with Crippen LogP contribution in [0.25, 0.3) is 17.1 Å². The second-order valence-electron chi connectivity index (χ2n) is 6.57. The highest BCUT2D eigenvalue weighted by atomic mass is 35.5. The third-order valence-corrected chi connectivity index (χ3v) is 5.63. The number of carbonyl (C=O) groups is 1. The van der Waals surface area contributed by atoms with Crippen molar-refractivity contribution in [2.45, 2.75) is 12.1 Å². The van der Waals surface area contributed by atoms with Crippen LogP contribution in [0.1, 0.15) is 5.56 Å². The number of carbonyl (C=O) groups excluding carboxylic acids is 1. The summed E-state index contributed by atoms with van der Waals surface area (Å²) in [5.74, 6) is 0.730. The number of aromatic nitrogens is 6. The number of nitrogens with zero attached hydrogens (tertiary/aromatic N) is 6. The van der Waals surface area contributed by atoms with E-state index in [4.69, 9.17) is 11.6 Å². The first kappa shape index (κ1) is 20.1. The van der Waals surface area contributed by atoms with E-state index in [1.54, 1.807) is 29.2 Å². The molecule has 1 amide bonds. The first-order valence-corrected chi connectivity index (χ1v) is 10.4. The lowest BCUT2D eigenvalue weighted by Crippen LogP contribution is -2.16. The summed E-state index contributed by atoms with van der Waals surface area (Å²) in [5, 5.41) is 16.6. The SMILES string of the molecule is Cc1ccc(-c2nnc(SCC(=O)Nc3cc(Cl)ccc3-n3cncn3)n2C)cc1. The van der Waals surface area contributed by atoms with Crippen LogP contribution in [0.15, 0.2) is 60.3 Å². The fourth-order valence-corrected chi connectivity index (χ4v) is 3.73. The van der Waals surface area contributed by atoms with Gasteiger partial charge >= 0.3 is 0 Å². The molecule has 0 unspecified atom stereocenters. The van der Waals surface area contributed by atoms with E-state index in [1.165, 1.54) is 23.7 Å². The molecule has 0 aliphatic rings. The normalized spacial score (nSPS) is 10.9. The van der Waals surface area contributed by atoms with Crippen molar-refractivity contribution in [2.24, 2.45) is 7.05 Å². The average Bonchev–Trinajstić information content (AvgIpc) is 3.38. The van der Waals surface area contributed by atoms with Crippen LogP contribution in [-0.2, 0) is 11.8 Å². The zero-order valence-electron chi connectivity index (χ0n) is 16.3. The third kappa shape index (κ3) is 4.37. The number of rotatable bonds is 6. The van der Waals surface area contributed by atoms with Crippen molar-refractivity contribution in [1.29, 1.82) is 0 Å². The van der Waals surface area contributed by atoms with Gasteiger partial charge in [0.25, 0.3) is 0 Å². The van der Waals surface area contributed by atoms with Gasteiger partial charge in [-0.05, 0) is 25.1 Å². The van der Waals surface area contributed by atoms with Crippen molar-refractivity contribution in [3.05, 3.63) is 65.7 Å². The number of amides is 1. The van der Waals surface area contributed by atoms with Gasteiger partial charge in [-0.15, -0.1) is 10.2 Å². The van der Waals surface area contributed by atoms with E-state index in [9.17, 15) is 4.79 Å². The number of anilines is 1. The molecule has 0 radical (unpaired) electrons. The molecule has 30 heavy (non-hydrogen) atoms. The summed E-state index contributed by atoms with van der Waals surface area (Å²) in [5.41, 5.74) is 3.38. The Morgan fingerprint density at radius 2 is 1.97 bits per heavy atom. The first-order valence-electron chi connectivity index (χ1n) is 9.05. The van der Waals surface area contributed by atoms with E-state index in [2.05, 4.69) is 25.6 Å². The second kappa shape index (κ2) is 8.68. The zero-order valence-corrected chi connectivity index (χ0v) is 17.9. The van der Waals surface area contributed by atoms with Crippen molar-refractivity contribution in [1.82, 2.24) is 29.5 Å². The van der Waals surface area contributed by atoms with E-state index < -0.39 is 0 Å². The van der Waals surface area contributed by atoms with Crippen LogP contribution >= 0.6 is 23.4 Å². The molecular weight excluding hydrogens is 422 g/mol. The molecule has 4 aromatic rings. The highest BCUT2D eigenvalue weighted by molar-refractivity contribution is 7.99. The summed E-state index contributed by atoms with van der Waals surface area (Å²) >= 11 is 7.41. The molecule has 2 aromatic carbocycles. The minimum Gasteiger partial charge on any atom is -0.323 e. The summed E-state index contributed by atoms with van der Waals surface area (Å²) in [6, 6.07) is 13.3. The Labute approximate surface area is 182 Å². The van der Waals surface area contributed by atoms with Gasteiger partial charge in [0.05, 0.1) is 17.1 Å². The van der Waals surface area contributed by atoms with E-state index in [1.807, 2.05) is 42.8 Å². The standard InChI is InChI=1S/C20H18ClN7OS/c1-13-3-5-14(6-4-13)19-25-26-20(27(19)2)30-10-18(29)24-16-9-15(21)7-8-17(16)28-12-22-11-23-28/h3-9,11-12H,10H2,1-2H3,(H,24,29). The zero-order chi connectivity index (χ0) is 21.1. The number of aryl methyl sites for hydroxylation is 1. The molecule has 2 heterocycles. The van der Waals surface area contributed by atoms with Gasteiger partial charge < -0.3 is 9.88 Å². The summed E-state index contributed by atoms with van der Waals surface area (Å²) in [6.45, 7) is 2.04. The molecule has 4 rings (SSSR count). The Balaban J connectivity index is 1.45. The van der Waals surface area contributed by atoms with E-state index in [0.717, 1.165) is 11.4 Å². The van der Waals surface area contributed by atoms with Crippen molar-refractivity contribution < 1.29 is 4.79 Å². The largest absolute Gasteiger partial charge is 0.323 e. The van der Waals surface area contributed by atoms with Crippen LogP contribution in [-0.4, -0.2) is 41.2 Å². The van der Waals surface area contributed by atoms with Crippen molar-refractivity contribution >= 4 is 35.0 Å². The molecule has 2 aromatic heterocycles. The number of benzene rings is 2. The third-order valence-electron chi connectivity index (χ3n) is 4.38. The second-order valence-corrected chi connectivity index (χ2v) is 7.95. The molecule has 10 heteroatoms. The Morgan fingerprint density at radius 1 is 1.17 bits per heavy atom. The molecule has 0 aliphatic heterocycles. The number of thioether (sulfide) groups is 1. The van der Waals surface area contributed by atoms with Gasteiger partial charge in [-0.25, -0.2) is 9.67 Å². The minimum atomic E-state index is -0.191. The van der Waals surface area contributed by atoms with Gasteiger partial charge in [-0.3, -0.25) is 4.79 Å². The Morgan fingerprint density at radius 3 is 2.70 bits per heavy atom. The topological polar surface area (TPSA) is 90.5 Å². The van der Waals surface area contributed by atoms with Gasteiger partial charge in [0.15, 0.2) is 11.0 Å². The number of hydrogen-bond donors (Lipinski definition) is 1. The van der Waals surface area contributed by atoms with Gasteiger partial charge in [0, 0.05) is 17.6 Å². The Hall–Kier alpha value is -3.17. The summed E-state index contributed by atoms with van der Waals surface area (Å²) in [4.78, 5) is 16.5. The maximum Gasteiger partial charge on any atom is 0.234 e. The van der Waals surface area contributed by atoms with E-state index in [0.29, 0.717) is 21.6 Å². The van der Waals surface area contributed by atoms with Crippen molar-refractivity contribution in [3.8, 4) is 17.1 Å². The number of hydrogen-bond acceptors (Lipinski definition) is 6. The van der Waals surface area contributed by atoms with Crippen molar-refractivity contribution in [2.75, 3.05) is 11.1 Å². The molecule has 0 bridgehead atoms. The van der Waals surface area contributed by atoms with Crippen molar-refractivity contribution in [3.63, 3.8) is 0 Å². The molecule has 0 spiro atoms. The Bertz CT molecular complexity index is 1170. The Kier molecular flexibility index (Phi) is 5.82. The summed E-state index contributed by atoms with van der Waals surface area (Å²) in [6.07, 6.45) is 2.98. The highest BCUT2D eigenvalue weighted by Gasteiger charge is 2.14. The first-order chi connectivity index (χ1) is 14.5.